The molecule has 0 saturated carbocycles. The van der Waals surface area contributed by atoms with Crippen LogP contribution in [0.2, 0.25) is 0 Å². The Kier molecular flexibility index (Phi) is 7.00. The third-order valence-electron chi connectivity index (χ3n) is 6.30. The average molecular weight is 464 g/mol. The summed E-state index contributed by atoms with van der Waals surface area (Å²) < 4.78 is 7.77. The van der Waals surface area contributed by atoms with E-state index in [2.05, 4.69) is 76.9 Å². The van der Waals surface area contributed by atoms with Crippen LogP contribution in [0.5, 0.6) is 5.75 Å². The van der Waals surface area contributed by atoms with Crippen molar-refractivity contribution in [1.82, 2.24) is 24.7 Å². The third kappa shape index (κ3) is 4.75. The molecule has 0 bridgehead atoms. The molecule has 0 spiro atoms. The lowest BCUT2D eigenvalue weighted by molar-refractivity contribution is 0.292. The monoisotopic (exact) mass is 463 g/mol. The van der Waals surface area contributed by atoms with Crippen LogP contribution in [0.15, 0.2) is 54.7 Å². The van der Waals surface area contributed by atoms with E-state index in [1.165, 1.54) is 17.0 Å². The summed E-state index contributed by atoms with van der Waals surface area (Å²) in [6, 6.07) is 16.6. The van der Waals surface area contributed by atoms with Crippen molar-refractivity contribution in [2.75, 3.05) is 34.3 Å². The van der Waals surface area contributed by atoms with Crippen LogP contribution in [0.4, 0.5) is 0 Å². The number of aromatic nitrogens is 2. The van der Waals surface area contributed by atoms with Gasteiger partial charge in [0.05, 0.1) is 24.9 Å². The number of benzene rings is 1. The quantitative estimate of drug-likeness (QED) is 0.499. The molecule has 174 valence electrons. The molecule has 2 atom stereocenters. The van der Waals surface area contributed by atoms with Crippen molar-refractivity contribution in [3.63, 3.8) is 0 Å². The summed E-state index contributed by atoms with van der Waals surface area (Å²) in [5.74, 6) is 0.849. The first-order valence-corrected chi connectivity index (χ1v) is 11.8. The van der Waals surface area contributed by atoms with Gasteiger partial charge >= 0.3 is 0 Å². The first-order chi connectivity index (χ1) is 15.9. The second-order valence-corrected chi connectivity index (χ2v) is 9.23. The first-order valence-electron chi connectivity index (χ1n) is 11.4. The molecule has 2 aromatic heterocycles. The summed E-state index contributed by atoms with van der Waals surface area (Å²) in [5, 5.41) is 4.37. The number of rotatable bonds is 8. The lowest BCUT2D eigenvalue weighted by Crippen LogP contribution is -2.32. The molecular formula is C26H33N5OS. The first kappa shape index (κ1) is 23.3. The third-order valence-corrected chi connectivity index (χ3v) is 6.65. The molecule has 1 aliphatic rings. The van der Waals surface area contributed by atoms with Crippen molar-refractivity contribution < 1.29 is 4.74 Å². The minimum atomic E-state index is -0.00249. The second-order valence-electron chi connectivity index (χ2n) is 8.84. The molecular weight excluding hydrogens is 430 g/mol. The molecule has 1 saturated heterocycles. The van der Waals surface area contributed by atoms with Crippen LogP contribution in [0.3, 0.4) is 0 Å². The standard InChI is InChI=1S/C26H33N5OS/c1-18-16-22(19(2)31(18)20-10-8-11-21(17-20)32-5)25-24(23-12-6-7-13-27-23)28-26(33)30(25)15-9-14-29(3)4/h6-8,10-13,16-17,24-25H,9,14-15H2,1-5H3,(H,28,33)/t24-,25+/m0/s1. The summed E-state index contributed by atoms with van der Waals surface area (Å²) >= 11 is 5.83. The maximum atomic E-state index is 5.83. The lowest BCUT2D eigenvalue weighted by atomic mass is 9.96. The number of nitrogens with one attached hydrogen (secondary N) is 1. The van der Waals surface area contributed by atoms with Crippen LogP contribution in [0.25, 0.3) is 5.69 Å². The highest BCUT2D eigenvalue weighted by Gasteiger charge is 2.41. The Hall–Kier alpha value is -2.90. The van der Waals surface area contributed by atoms with Crippen LogP contribution < -0.4 is 10.1 Å². The molecule has 1 N–H and O–H groups in total. The molecule has 1 aliphatic heterocycles. The zero-order chi connectivity index (χ0) is 23.5. The molecule has 33 heavy (non-hydrogen) atoms. The van der Waals surface area contributed by atoms with Gasteiger partial charge in [-0.25, -0.2) is 0 Å². The molecule has 0 unspecified atom stereocenters. The van der Waals surface area contributed by atoms with Gasteiger partial charge in [-0.3, -0.25) is 4.98 Å². The Balaban J connectivity index is 1.77. The molecule has 0 amide bonds. The number of nitrogens with zero attached hydrogens (tertiary/aromatic N) is 4. The van der Waals surface area contributed by atoms with Gasteiger partial charge in [0, 0.05) is 35.9 Å². The zero-order valence-electron chi connectivity index (χ0n) is 20.1. The fourth-order valence-corrected chi connectivity index (χ4v) is 5.11. The van der Waals surface area contributed by atoms with Crippen molar-refractivity contribution in [3.05, 3.63) is 77.4 Å². The summed E-state index contributed by atoms with van der Waals surface area (Å²) in [6.07, 6.45) is 2.89. The van der Waals surface area contributed by atoms with E-state index in [0.29, 0.717) is 0 Å². The van der Waals surface area contributed by atoms with E-state index in [1.807, 2.05) is 30.5 Å². The largest absolute Gasteiger partial charge is 0.497 e. The second kappa shape index (κ2) is 9.93. The van der Waals surface area contributed by atoms with Crippen LogP contribution in [-0.2, 0) is 0 Å². The van der Waals surface area contributed by atoms with Gasteiger partial charge in [-0.2, -0.15) is 0 Å². The van der Waals surface area contributed by atoms with E-state index in [4.69, 9.17) is 17.0 Å². The van der Waals surface area contributed by atoms with Crippen LogP contribution in [-0.4, -0.2) is 58.8 Å². The van der Waals surface area contributed by atoms with E-state index in [1.54, 1.807) is 7.11 Å². The van der Waals surface area contributed by atoms with Gasteiger partial charge in [0.15, 0.2) is 5.11 Å². The number of ether oxygens (including phenoxy) is 1. The summed E-state index contributed by atoms with van der Waals surface area (Å²) in [6.45, 7) is 6.25. The highest BCUT2D eigenvalue weighted by Crippen LogP contribution is 2.41. The molecule has 1 aromatic carbocycles. The molecule has 3 heterocycles. The normalized spacial score (nSPS) is 18.1. The van der Waals surface area contributed by atoms with Crippen molar-refractivity contribution in [3.8, 4) is 11.4 Å². The zero-order valence-corrected chi connectivity index (χ0v) is 20.9. The molecule has 0 aliphatic carbocycles. The van der Waals surface area contributed by atoms with Gasteiger partial charge in [-0.1, -0.05) is 12.1 Å². The average Bonchev–Trinajstić information content (AvgIpc) is 3.29. The van der Waals surface area contributed by atoms with Gasteiger partial charge in [0.2, 0.25) is 0 Å². The molecule has 0 radical (unpaired) electrons. The van der Waals surface area contributed by atoms with Crippen molar-refractivity contribution >= 4 is 17.3 Å². The Morgan fingerprint density at radius 1 is 1.12 bits per heavy atom. The Morgan fingerprint density at radius 3 is 2.64 bits per heavy atom. The molecule has 4 rings (SSSR count). The van der Waals surface area contributed by atoms with E-state index in [-0.39, 0.29) is 12.1 Å². The number of thiocarbonyl (C=S) groups is 1. The Morgan fingerprint density at radius 2 is 1.94 bits per heavy atom. The van der Waals surface area contributed by atoms with Gasteiger partial charge in [-0.05, 0) is 89.0 Å². The number of methoxy groups -OCH3 is 1. The Labute approximate surface area is 202 Å². The van der Waals surface area contributed by atoms with Gasteiger partial charge < -0.3 is 24.4 Å². The van der Waals surface area contributed by atoms with Crippen LogP contribution in [0, 0.1) is 13.8 Å². The van der Waals surface area contributed by atoms with E-state index in [9.17, 15) is 0 Å². The van der Waals surface area contributed by atoms with Crippen molar-refractivity contribution in [2.24, 2.45) is 0 Å². The maximum absolute atomic E-state index is 5.83. The molecule has 7 heteroatoms. The van der Waals surface area contributed by atoms with Crippen LogP contribution >= 0.6 is 12.2 Å². The van der Waals surface area contributed by atoms with E-state index < -0.39 is 0 Å². The topological polar surface area (TPSA) is 45.6 Å². The predicted octanol–water partition coefficient (Wildman–Crippen LogP) is 4.42. The van der Waals surface area contributed by atoms with Crippen molar-refractivity contribution in [1.29, 1.82) is 0 Å². The Bertz CT molecular complexity index is 1110. The minimum Gasteiger partial charge on any atom is -0.497 e. The maximum Gasteiger partial charge on any atom is 0.170 e. The van der Waals surface area contributed by atoms with Gasteiger partial charge in [0.25, 0.3) is 0 Å². The van der Waals surface area contributed by atoms with Gasteiger partial charge in [-0.15, -0.1) is 0 Å². The van der Waals surface area contributed by atoms with Gasteiger partial charge in [0.1, 0.15) is 5.75 Å². The van der Waals surface area contributed by atoms with Crippen LogP contribution in [0.1, 0.15) is 41.1 Å². The SMILES string of the molecule is COc1cccc(-n2c(C)cc([C@@H]3[C@H](c4ccccn4)NC(=S)N3CCCN(C)C)c2C)c1. The number of pyridine rings is 1. The van der Waals surface area contributed by atoms with E-state index >= 15 is 0 Å². The molecule has 3 aromatic rings. The van der Waals surface area contributed by atoms with Crippen molar-refractivity contribution in [2.45, 2.75) is 32.4 Å². The molecule has 1 fully saturated rings. The highest BCUT2D eigenvalue weighted by atomic mass is 32.1. The highest BCUT2D eigenvalue weighted by molar-refractivity contribution is 7.80. The summed E-state index contributed by atoms with van der Waals surface area (Å²) in [5.41, 5.74) is 5.75. The number of hydrogen-bond acceptors (Lipinski definition) is 4. The summed E-state index contributed by atoms with van der Waals surface area (Å²) in [7, 11) is 5.92. The lowest BCUT2D eigenvalue weighted by Gasteiger charge is -2.28. The van der Waals surface area contributed by atoms with E-state index in [0.717, 1.165) is 41.8 Å². The predicted molar refractivity (Wildman–Crippen MR) is 137 cm³/mol. The fraction of sp³-hybridized carbons (Fsp3) is 0.385. The minimum absolute atomic E-state index is 0.00249. The number of hydrogen-bond donors (Lipinski definition) is 1. The fourth-order valence-electron chi connectivity index (χ4n) is 4.78. The molecule has 6 nitrogen and oxygen atoms in total. The summed E-state index contributed by atoms with van der Waals surface area (Å²) in [4.78, 5) is 9.23. The number of aryl methyl sites for hydroxylation is 1. The smallest absolute Gasteiger partial charge is 0.170 e.